The first-order valence-electron chi connectivity index (χ1n) is 8.47. The van der Waals surface area contributed by atoms with Gasteiger partial charge in [0.25, 0.3) is 0 Å². The lowest BCUT2D eigenvalue weighted by Crippen LogP contribution is -2.44. The van der Waals surface area contributed by atoms with Crippen LogP contribution in [0.1, 0.15) is 23.6 Å². The van der Waals surface area contributed by atoms with Crippen molar-refractivity contribution in [1.29, 1.82) is 0 Å². The smallest absolute Gasteiger partial charge is 0.244 e. The van der Waals surface area contributed by atoms with Crippen LogP contribution in [0.15, 0.2) is 60.7 Å². The summed E-state index contributed by atoms with van der Waals surface area (Å²) in [5, 5.41) is 5.51. The van der Waals surface area contributed by atoms with Crippen LogP contribution in [0, 0.1) is 0 Å². The fourth-order valence-corrected chi connectivity index (χ4v) is 2.42. The maximum absolute atomic E-state index is 12.2. The highest BCUT2D eigenvalue weighted by molar-refractivity contribution is 5.95. The van der Waals surface area contributed by atoms with Crippen molar-refractivity contribution in [1.82, 2.24) is 10.6 Å². The molecule has 5 nitrogen and oxygen atoms in total. The highest BCUT2D eigenvalue weighted by Crippen LogP contribution is 2.09. The van der Waals surface area contributed by atoms with Gasteiger partial charge in [0.05, 0.1) is 6.61 Å². The predicted molar refractivity (Wildman–Crippen MR) is 102 cm³/mol. The summed E-state index contributed by atoms with van der Waals surface area (Å²) >= 11 is 0. The number of hydrogen-bond acceptors (Lipinski definition) is 3. The van der Waals surface area contributed by atoms with E-state index >= 15 is 0 Å². The minimum Gasteiger partial charge on any atom is -0.380 e. The van der Waals surface area contributed by atoms with Gasteiger partial charge >= 0.3 is 0 Å². The molecule has 0 fully saturated rings. The van der Waals surface area contributed by atoms with Crippen LogP contribution >= 0.6 is 0 Å². The van der Waals surface area contributed by atoms with Crippen molar-refractivity contribution in [2.75, 3.05) is 7.11 Å². The summed E-state index contributed by atoms with van der Waals surface area (Å²) in [4.78, 5) is 24.2. The number of ether oxygens (including phenoxy) is 1. The molecule has 2 rings (SSSR count). The number of nitrogens with one attached hydrogen (secondary N) is 2. The molecule has 2 amide bonds. The van der Waals surface area contributed by atoms with E-state index in [1.165, 1.54) is 6.08 Å². The second-order valence-corrected chi connectivity index (χ2v) is 5.89. The molecule has 0 spiro atoms. The second-order valence-electron chi connectivity index (χ2n) is 5.89. The summed E-state index contributed by atoms with van der Waals surface area (Å²) in [7, 11) is 1.63. The second kappa shape index (κ2) is 10.2. The van der Waals surface area contributed by atoms with Crippen molar-refractivity contribution in [2.24, 2.45) is 0 Å². The highest BCUT2D eigenvalue weighted by Gasteiger charge is 2.14. The first kappa shape index (κ1) is 19.4. The van der Waals surface area contributed by atoms with Crippen LogP contribution in [-0.4, -0.2) is 25.0 Å². The highest BCUT2D eigenvalue weighted by atomic mass is 16.5. The molecule has 0 aromatic heterocycles. The zero-order chi connectivity index (χ0) is 18.8. The van der Waals surface area contributed by atoms with E-state index in [-0.39, 0.29) is 11.8 Å². The molecule has 0 saturated heterocycles. The summed E-state index contributed by atoms with van der Waals surface area (Å²) in [6.07, 6.45) is 3.13. The van der Waals surface area contributed by atoms with E-state index in [1.807, 2.05) is 54.6 Å². The molecule has 0 heterocycles. The predicted octanol–water partition coefficient (Wildman–Crippen LogP) is 2.67. The van der Waals surface area contributed by atoms with Gasteiger partial charge in [0.2, 0.25) is 11.8 Å². The van der Waals surface area contributed by atoms with E-state index in [0.29, 0.717) is 13.2 Å². The van der Waals surface area contributed by atoms with Crippen molar-refractivity contribution < 1.29 is 14.3 Å². The van der Waals surface area contributed by atoms with Gasteiger partial charge in [-0.25, -0.2) is 0 Å². The van der Waals surface area contributed by atoms with E-state index in [2.05, 4.69) is 10.6 Å². The van der Waals surface area contributed by atoms with Gasteiger partial charge in [0.15, 0.2) is 0 Å². The molecule has 5 heteroatoms. The van der Waals surface area contributed by atoms with Crippen LogP contribution in [0.3, 0.4) is 0 Å². The van der Waals surface area contributed by atoms with Gasteiger partial charge in [-0.1, -0.05) is 54.6 Å². The first-order valence-corrected chi connectivity index (χ1v) is 8.47. The monoisotopic (exact) mass is 352 g/mol. The van der Waals surface area contributed by atoms with Gasteiger partial charge in [-0.3, -0.25) is 9.59 Å². The maximum atomic E-state index is 12.2. The summed E-state index contributed by atoms with van der Waals surface area (Å²) in [6, 6.07) is 16.6. The Labute approximate surface area is 154 Å². The van der Waals surface area contributed by atoms with E-state index in [1.54, 1.807) is 20.1 Å². The molecular formula is C21H24N2O3. The van der Waals surface area contributed by atoms with Gasteiger partial charge < -0.3 is 15.4 Å². The lowest BCUT2D eigenvalue weighted by Gasteiger charge is -2.14. The molecule has 0 bridgehead atoms. The van der Waals surface area contributed by atoms with E-state index in [9.17, 15) is 9.59 Å². The Bertz CT molecular complexity index is 757. The van der Waals surface area contributed by atoms with E-state index in [0.717, 1.165) is 16.7 Å². The molecule has 0 aliphatic heterocycles. The van der Waals surface area contributed by atoms with Crippen molar-refractivity contribution in [3.05, 3.63) is 77.4 Å². The van der Waals surface area contributed by atoms with Crippen LogP contribution in [0.4, 0.5) is 0 Å². The van der Waals surface area contributed by atoms with Crippen LogP contribution in [0.2, 0.25) is 0 Å². The van der Waals surface area contributed by atoms with Crippen molar-refractivity contribution in [3.8, 4) is 0 Å². The van der Waals surface area contributed by atoms with Crippen molar-refractivity contribution in [2.45, 2.75) is 26.1 Å². The summed E-state index contributed by atoms with van der Waals surface area (Å²) in [6.45, 7) is 2.53. The standard InChI is InChI=1S/C21H24N2O3/c1-16(23-20(24)13-12-17-8-4-3-5-9-17)21(25)22-14-18-10-6-7-11-19(18)15-26-2/h3-13,16H,14-15H2,1-2H3,(H,22,25)(H,23,24)/b13-12+. The van der Waals surface area contributed by atoms with E-state index in [4.69, 9.17) is 4.74 Å². The number of carbonyl (C=O) groups is 2. The average molecular weight is 352 g/mol. The molecule has 1 unspecified atom stereocenters. The third kappa shape index (κ3) is 6.18. The Kier molecular flexibility index (Phi) is 7.58. The molecule has 0 radical (unpaired) electrons. The molecule has 2 aromatic carbocycles. The quantitative estimate of drug-likeness (QED) is 0.718. The SMILES string of the molecule is COCc1ccccc1CNC(=O)C(C)NC(=O)/C=C/c1ccccc1. The van der Waals surface area contributed by atoms with Gasteiger partial charge in [0, 0.05) is 19.7 Å². The first-order chi connectivity index (χ1) is 12.6. The van der Waals surface area contributed by atoms with Crippen molar-refractivity contribution >= 4 is 17.9 Å². The zero-order valence-electron chi connectivity index (χ0n) is 15.1. The number of benzene rings is 2. The molecule has 2 aromatic rings. The van der Waals surface area contributed by atoms with Crippen LogP contribution < -0.4 is 10.6 Å². The molecule has 0 aliphatic carbocycles. The van der Waals surface area contributed by atoms with Gasteiger partial charge in [0.1, 0.15) is 6.04 Å². The molecule has 136 valence electrons. The largest absolute Gasteiger partial charge is 0.380 e. The fraction of sp³-hybridized carbons (Fsp3) is 0.238. The number of rotatable bonds is 8. The lowest BCUT2D eigenvalue weighted by molar-refractivity contribution is -0.126. The Balaban J connectivity index is 1.84. The number of methoxy groups -OCH3 is 1. The van der Waals surface area contributed by atoms with Gasteiger partial charge in [-0.2, -0.15) is 0 Å². The third-order valence-corrected chi connectivity index (χ3v) is 3.85. The molecule has 0 saturated carbocycles. The molecule has 1 atom stereocenters. The van der Waals surface area contributed by atoms with Crippen LogP contribution in [0.25, 0.3) is 6.08 Å². The van der Waals surface area contributed by atoms with Gasteiger partial charge in [-0.05, 0) is 29.7 Å². The molecule has 0 aliphatic rings. The maximum Gasteiger partial charge on any atom is 0.244 e. The summed E-state index contributed by atoms with van der Waals surface area (Å²) < 4.78 is 5.16. The minimum atomic E-state index is -0.627. The normalized spacial score (nSPS) is 11.9. The number of carbonyl (C=O) groups excluding carboxylic acids is 2. The minimum absolute atomic E-state index is 0.237. The molecule has 2 N–H and O–H groups in total. The summed E-state index contributed by atoms with van der Waals surface area (Å²) in [5.41, 5.74) is 2.94. The van der Waals surface area contributed by atoms with Crippen LogP contribution in [0.5, 0.6) is 0 Å². The molecular weight excluding hydrogens is 328 g/mol. The van der Waals surface area contributed by atoms with Crippen molar-refractivity contribution in [3.63, 3.8) is 0 Å². The summed E-state index contributed by atoms with van der Waals surface area (Å²) in [5.74, 6) is -0.546. The Hall–Kier alpha value is -2.92. The topological polar surface area (TPSA) is 67.4 Å². The zero-order valence-corrected chi connectivity index (χ0v) is 15.1. The van der Waals surface area contributed by atoms with E-state index < -0.39 is 6.04 Å². The molecule has 26 heavy (non-hydrogen) atoms. The van der Waals surface area contributed by atoms with Crippen LogP contribution in [-0.2, 0) is 27.5 Å². The lowest BCUT2D eigenvalue weighted by atomic mass is 10.1. The fourth-order valence-electron chi connectivity index (χ4n) is 2.42. The Morgan fingerprint density at radius 2 is 1.69 bits per heavy atom. The Morgan fingerprint density at radius 3 is 2.38 bits per heavy atom. The number of hydrogen-bond donors (Lipinski definition) is 2. The Morgan fingerprint density at radius 1 is 1.04 bits per heavy atom. The number of amides is 2. The average Bonchev–Trinajstić information content (AvgIpc) is 2.66. The third-order valence-electron chi connectivity index (χ3n) is 3.85. The van der Waals surface area contributed by atoms with Gasteiger partial charge in [-0.15, -0.1) is 0 Å².